The predicted molar refractivity (Wildman–Crippen MR) is 153 cm³/mol. The van der Waals surface area contributed by atoms with E-state index >= 15 is 0 Å². The Morgan fingerprint density at radius 2 is 1.97 bits per heavy atom. The van der Waals surface area contributed by atoms with Gasteiger partial charge in [-0.1, -0.05) is 44.7 Å². The van der Waals surface area contributed by atoms with Gasteiger partial charge < -0.3 is 14.8 Å². The van der Waals surface area contributed by atoms with Gasteiger partial charge in [-0.25, -0.2) is 24.4 Å². The summed E-state index contributed by atoms with van der Waals surface area (Å²) in [7, 11) is -2.18. The number of carbonyl (C=O) groups is 1. The van der Waals surface area contributed by atoms with Gasteiger partial charge in [0.05, 0.1) is 0 Å². The zero-order valence-corrected chi connectivity index (χ0v) is 24.6. The van der Waals surface area contributed by atoms with Gasteiger partial charge in [-0.15, -0.1) is 0 Å². The number of carboxylic acid groups (broad SMARTS) is 1. The Labute approximate surface area is 232 Å². The number of nitrogens with zero attached hydrogens (tertiary/aromatic N) is 2. The lowest BCUT2D eigenvalue weighted by Gasteiger charge is -2.38. The monoisotopic (exact) mass is 581 g/mol. The molecule has 0 radical (unpaired) electrons. The van der Waals surface area contributed by atoms with E-state index in [9.17, 15) is 13.6 Å². The molecule has 1 aliphatic heterocycles. The quantitative estimate of drug-likeness (QED) is 0.103. The summed E-state index contributed by atoms with van der Waals surface area (Å²) in [5.41, 5.74) is 3.17. The third-order valence-electron chi connectivity index (χ3n) is 6.71. The van der Waals surface area contributed by atoms with Crippen molar-refractivity contribution in [3.8, 4) is 5.75 Å². The van der Waals surface area contributed by atoms with Crippen LogP contribution < -0.4 is 21.0 Å². The molecule has 1 amide bonds. The molecule has 1 atom stereocenters. The standard InChI is InChI=1S/C25H33F2N5O3S2Si/c1-24(2,3)38(4,5)35-18-9-6-8-16(14-18)25(12-7-13-29-23(33)34)32(22(36)30-28)31-21(37-25)19-15-17(26)10-11-20(19)27/h6,8-11,14-15,29H,7,12-13,28H2,1-5H3,(H,30,36)(H,33,34). The van der Waals surface area contributed by atoms with Crippen LogP contribution in [0.3, 0.4) is 0 Å². The third kappa shape index (κ3) is 6.45. The van der Waals surface area contributed by atoms with E-state index in [0.29, 0.717) is 18.6 Å². The lowest BCUT2D eigenvalue weighted by molar-refractivity contribution is 0.193. The largest absolute Gasteiger partial charge is 0.543 e. The van der Waals surface area contributed by atoms with Gasteiger partial charge in [-0.05, 0) is 79.1 Å². The molecule has 0 aromatic heterocycles. The number of benzene rings is 2. The highest BCUT2D eigenvalue weighted by molar-refractivity contribution is 8.15. The van der Waals surface area contributed by atoms with Crippen LogP contribution in [0.2, 0.25) is 18.1 Å². The van der Waals surface area contributed by atoms with Gasteiger partial charge >= 0.3 is 6.09 Å². The molecular formula is C25H33F2N5O3S2Si. The number of nitrogens with two attached hydrogens (primary N) is 1. The molecule has 38 heavy (non-hydrogen) atoms. The summed E-state index contributed by atoms with van der Waals surface area (Å²) in [6.07, 6.45) is -0.407. The minimum atomic E-state index is -2.18. The molecule has 1 unspecified atom stereocenters. The molecule has 0 fully saturated rings. The first kappa shape index (κ1) is 29.8. The first-order chi connectivity index (χ1) is 17.7. The maximum absolute atomic E-state index is 14.8. The highest BCUT2D eigenvalue weighted by atomic mass is 32.2. The summed E-state index contributed by atoms with van der Waals surface area (Å²) < 4.78 is 35.4. The number of amides is 1. The molecule has 0 saturated carbocycles. The van der Waals surface area contributed by atoms with Crippen LogP contribution >= 0.6 is 24.0 Å². The lowest BCUT2D eigenvalue weighted by Crippen LogP contribution is -2.48. The van der Waals surface area contributed by atoms with Crippen molar-refractivity contribution in [2.45, 2.75) is 56.6 Å². The van der Waals surface area contributed by atoms with Gasteiger partial charge in [0.1, 0.15) is 27.3 Å². The van der Waals surface area contributed by atoms with E-state index in [1.807, 2.05) is 24.3 Å². The normalized spacial score (nSPS) is 17.7. The van der Waals surface area contributed by atoms with Crippen molar-refractivity contribution in [2.75, 3.05) is 6.54 Å². The lowest BCUT2D eigenvalue weighted by atomic mass is 10.00. The number of hydrazone groups is 1. The molecule has 1 aliphatic rings. The van der Waals surface area contributed by atoms with Gasteiger partial charge in [0.2, 0.25) is 13.4 Å². The van der Waals surface area contributed by atoms with Crippen molar-refractivity contribution in [3.05, 3.63) is 65.2 Å². The number of thioether (sulfide) groups is 1. The van der Waals surface area contributed by atoms with E-state index < -0.39 is 30.9 Å². The number of hydrogen-bond acceptors (Lipinski definition) is 6. The van der Waals surface area contributed by atoms with E-state index in [1.54, 1.807) is 0 Å². The Hall–Kier alpha value is -2.74. The Morgan fingerprint density at radius 3 is 2.61 bits per heavy atom. The summed E-state index contributed by atoms with van der Waals surface area (Å²) in [6.45, 7) is 10.9. The molecular weight excluding hydrogens is 549 g/mol. The Kier molecular flexibility index (Phi) is 9.07. The molecule has 0 aliphatic carbocycles. The number of rotatable bonds is 8. The first-order valence-corrected chi connectivity index (χ1v) is 16.1. The van der Waals surface area contributed by atoms with Gasteiger partial charge in [0.25, 0.3) is 0 Å². The molecule has 206 valence electrons. The van der Waals surface area contributed by atoms with Crippen molar-refractivity contribution >= 4 is 48.5 Å². The van der Waals surface area contributed by atoms with Crippen LogP contribution in [-0.2, 0) is 4.87 Å². The van der Waals surface area contributed by atoms with Gasteiger partial charge in [0.15, 0.2) is 0 Å². The van der Waals surface area contributed by atoms with Gasteiger partial charge in [-0.2, -0.15) is 5.10 Å². The number of thiocarbonyl (C=S) groups is 1. The van der Waals surface area contributed by atoms with Crippen molar-refractivity contribution in [3.63, 3.8) is 0 Å². The van der Waals surface area contributed by atoms with Crippen molar-refractivity contribution in [2.24, 2.45) is 10.9 Å². The number of hydrogen-bond donors (Lipinski definition) is 4. The number of nitrogens with one attached hydrogen (secondary N) is 2. The maximum atomic E-state index is 14.8. The zero-order chi connectivity index (χ0) is 28.3. The summed E-state index contributed by atoms with van der Waals surface area (Å²) in [4.78, 5) is 9.99. The number of halogens is 2. The highest BCUT2D eigenvalue weighted by Crippen LogP contribution is 2.51. The highest BCUT2D eigenvalue weighted by Gasteiger charge is 2.48. The molecule has 5 N–H and O–H groups in total. The molecule has 3 rings (SSSR count). The minimum absolute atomic E-state index is 0.0148. The van der Waals surface area contributed by atoms with E-state index in [1.165, 1.54) is 16.8 Å². The zero-order valence-electron chi connectivity index (χ0n) is 22.0. The molecule has 2 aromatic rings. The fourth-order valence-corrected chi connectivity index (χ4v) is 6.39. The van der Waals surface area contributed by atoms with Crippen molar-refractivity contribution < 1.29 is 23.1 Å². The summed E-state index contributed by atoms with van der Waals surface area (Å²) >= 11 is 6.68. The fraction of sp³-hybridized carbons (Fsp3) is 0.400. The van der Waals surface area contributed by atoms with E-state index in [0.717, 1.165) is 23.8 Å². The average Bonchev–Trinajstić information content (AvgIpc) is 3.22. The van der Waals surface area contributed by atoms with Crippen LogP contribution in [0, 0.1) is 11.6 Å². The van der Waals surface area contributed by atoms with E-state index in [-0.39, 0.29) is 27.3 Å². The van der Waals surface area contributed by atoms with Gasteiger partial charge in [0, 0.05) is 12.1 Å². The summed E-state index contributed by atoms with van der Waals surface area (Å²) in [5.74, 6) is 5.11. The molecule has 1 heterocycles. The van der Waals surface area contributed by atoms with Crippen LogP contribution in [0.25, 0.3) is 0 Å². The molecule has 13 heteroatoms. The second kappa shape index (κ2) is 11.6. The van der Waals surface area contributed by atoms with Crippen LogP contribution in [0.5, 0.6) is 5.75 Å². The van der Waals surface area contributed by atoms with Crippen LogP contribution in [0.4, 0.5) is 13.6 Å². The SMILES string of the molecule is CC(C)(C)[Si](C)(C)Oc1cccc(C2(CCCNC(=O)O)SC(c3cc(F)ccc3F)=NN2C(=S)NN)c1. The molecule has 0 saturated heterocycles. The molecule has 0 spiro atoms. The predicted octanol–water partition coefficient (Wildman–Crippen LogP) is 5.71. The third-order valence-corrected chi connectivity index (χ3v) is 12.8. The smallest absolute Gasteiger partial charge is 0.404 e. The fourth-order valence-electron chi connectivity index (χ4n) is 3.69. The summed E-state index contributed by atoms with van der Waals surface area (Å²) in [5, 5.41) is 17.7. The van der Waals surface area contributed by atoms with Crippen LogP contribution in [-0.4, -0.2) is 41.2 Å². The Balaban J connectivity index is 2.11. The number of hydrazine groups is 1. The molecule has 0 bridgehead atoms. The second-order valence-corrected chi connectivity index (χ2v) is 16.8. The Morgan fingerprint density at radius 1 is 1.26 bits per heavy atom. The topological polar surface area (TPSA) is 112 Å². The molecule has 2 aromatic carbocycles. The van der Waals surface area contributed by atoms with E-state index in [2.05, 4.69) is 49.7 Å². The Bertz CT molecular complexity index is 1240. The van der Waals surface area contributed by atoms with Crippen LogP contribution in [0.15, 0.2) is 47.6 Å². The van der Waals surface area contributed by atoms with E-state index in [4.69, 9.17) is 27.6 Å². The second-order valence-electron chi connectivity index (χ2n) is 10.4. The minimum Gasteiger partial charge on any atom is -0.543 e. The van der Waals surface area contributed by atoms with Crippen molar-refractivity contribution in [1.29, 1.82) is 0 Å². The average molecular weight is 582 g/mol. The summed E-state index contributed by atoms with van der Waals surface area (Å²) in [6, 6.07) is 10.7. The maximum Gasteiger partial charge on any atom is 0.404 e. The molecule has 8 nitrogen and oxygen atoms in total. The van der Waals surface area contributed by atoms with Crippen LogP contribution in [0.1, 0.15) is 44.7 Å². The first-order valence-electron chi connectivity index (χ1n) is 12.0. The van der Waals surface area contributed by atoms with Crippen molar-refractivity contribution in [1.82, 2.24) is 15.8 Å². The van der Waals surface area contributed by atoms with Gasteiger partial charge in [-0.3, -0.25) is 5.43 Å².